The minimum absolute atomic E-state index is 0.170. The highest BCUT2D eigenvalue weighted by molar-refractivity contribution is 5.87. The Balaban J connectivity index is 2.55. The fraction of sp³-hybridized carbons (Fsp3) is 0.556. The first-order valence-corrected chi connectivity index (χ1v) is 5.07. The zero-order chi connectivity index (χ0) is 13.0. The normalized spacial score (nSPS) is 12.2. The molecule has 1 heterocycles. The average Bonchev–Trinajstić information content (AvgIpc) is 2.61. The van der Waals surface area contributed by atoms with Crippen LogP contribution in [0.1, 0.15) is 18.1 Å². The van der Waals surface area contributed by atoms with E-state index in [1.165, 1.54) is 4.90 Å². The lowest BCUT2D eigenvalue weighted by molar-refractivity contribution is -0.134. The molecule has 8 heteroatoms. The Hall–Kier alpha value is -1.96. The van der Waals surface area contributed by atoms with Gasteiger partial charge in [-0.2, -0.15) is 5.10 Å². The maximum atomic E-state index is 11.7. The number of hydrogen-bond donors (Lipinski definition) is 3. The van der Waals surface area contributed by atoms with Crippen molar-refractivity contribution in [3.8, 4) is 0 Å². The summed E-state index contributed by atoms with van der Waals surface area (Å²) in [7, 11) is 1.56. The maximum absolute atomic E-state index is 11.7. The molecule has 17 heavy (non-hydrogen) atoms. The van der Waals surface area contributed by atoms with Crippen molar-refractivity contribution in [2.24, 2.45) is 11.5 Å². The van der Waals surface area contributed by atoms with Crippen LogP contribution in [0.3, 0.4) is 0 Å². The first-order chi connectivity index (χ1) is 7.90. The van der Waals surface area contributed by atoms with Crippen LogP contribution in [-0.4, -0.2) is 45.0 Å². The number of amides is 2. The summed E-state index contributed by atoms with van der Waals surface area (Å²) in [5, 5.41) is 6.57. The molecule has 1 aromatic heterocycles. The summed E-state index contributed by atoms with van der Waals surface area (Å²) in [6.07, 6.45) is -0.170. The third-order valence-electron chi connectivity index (χ3n) is 2.14. The molecule has 1 aromatic rings. The molecular formula is C9H16N6O2. The van der Waals surface area contributed by atoms with Crippen molar-refractivity contribution in [1.82, 2.24) is 20.1 Å². The summed E-state index contributed by atoms with van der Waals surface area (Å²) in [6.45, 7) is 1.99. The van der Waals surface area contributed by atoms with Crippen LogP contribution in [0.5, 0.6) is 0 Å². The van der Waals surface area contributed by atoms with Gasteiger partial charge in [-0.15, -0.1) is 0 Å². The molecule has 1 rings (SSSR count). The predicted octanol–water partition coefficient (Wildman–Crippen LogP) is -1.73. The van der Waals surface area contributed by atoms with E-state index in [1.54, 1.807) is 14.0 Å². The molecule has 2 amide bonds. The van der Waals surface area contributed by atoms with E-state index in [2.05, 4.69) is 15.2 Å². The predicted molar refractivity (Wildman–Crippen MR) is 59.4 cm³/mol. The van der Waals surface area contributed by atoms with Gasteiger partial charge in [0.05, 0.1) is 19.0 Å². The fourth-order valence-electron chi connectivity index (χ4n) is 1.34. The van der Waals surface area contributed by atoms with Gasteiger partial charge in [0.15, 0.2) is 5.82 Å². The molecule has 0 spiro atoms. The summed E-state index contributed by atoms with van der Waals surface area (Å²) in [6, 6.07) is -0.919. The molecule has 0 aromatic carbocycles. The molecule has 8 nitrogen and oxygen atoms in total. The fourth-order valence-corrected chi connectivity index (χ4v) is 1.34. The minimum Gasteiger partial charge on any atom is -0.370 e. The molecule has 1 unspecified atom stereocenters. The van der Waals surface area contributed by atoms with Crippen molar-refractivity contribution in [2.45, 2.75) is 25.9 Å². The molecule has 1 atom stereocenters. The van der Waals surface area contributed by atoms with Crippen LogP contribution in [0.15, 0.2) is 0 Å². The largest absolute Gasteiger partial charge is 0.370 e. The highest BCUT2D eigenvalue weighted by atomic mass is 16.2. The third kappa shape index (κ3) is 3.83. The van der Waals surface area contributed by atoms with E-state index in [4.69, 9.17) is 11.5 Å². The standard InChI is InChI=1S/C9H16N6O2/c1-5-12-8(14-13-5)4-15(2)9(17)6(10)3-7(11)16/h6H,3-4,10H2,1-2H3,(H2,11,16)(H,12,13,14). The first kappa shape index (κ1) is 13.1. The topological polar surface area (TPSA) is 131 Å². The van der Waals surface area contributed by atoms with Crippen LogP contribution in [0, 0.1) is 6.92 Å². The second-order valence-electron chi connectivity index (χ2n) is 3.81. The molecular weight excluding hydrogens is 224 g/mol. The molecule has 0 aliphatic carbocycles. The Morgan fingerprint density at radius 3 is 2.65 bits per heavy atom. The van der Waals surface area contributed by atoms with Gasteiger partial charge in [-0.1, -0.05) is 0 Å². The van der Waals surface area contributed by atoms with Crippen molar-refractivity contribution in [3.63, 3.8) is 0 Å². The van der Waals surface area contributed by atoms with Gasteiger partial charge >= 0.3 is 0 Å². The number of nitrogens with zero attached hydrogens (tertiary/aromatic N) is 3. The molecule has 0 aliphatic rings. The number of rotatable bonds is 5. The number of nitrogens with one attached hydrogen (secondary N) is 1. The van der Waals surface area contributed by atoms with Crippen LogP contribution in [-0.2, 0) is 16.1 Å². The Kier molecular flexibility index (Phi) is 4.16. The van der Waals surface area contributed by atoms with Gasteiger partial charge in [0.1, 0.15) is 5.82 Å². The molecule has 0 bridgehead atoms. The summed E-state index contributed by atoms with van der Waals surface area (Å²) >= 11 is 0. The minimum atomic E-state index is -0.919. The number of hydrogen-bond acceptors (Lipinski definition) is 5. The summed E-state index contributed by atoms with van der Waals surface area (Å²) < 4.78 is 0. The Labute approximate surface area is 98.4 Å². The van der Waals surface area contributed by atoms with E-state index in [0.29, 0.717) is 11.6 Å². The Morgan fingerprint density at radius 1 is 1.53 bits per heavy atom. The van der Waals surface area contributed by atoms with Crippen molar-refractivity contribution < 1.29 is 9.59 Å². The highest BCUT2D eigenvalue weighted by Crippen LogP contribution is 2.00. The van der Waals surface area contributed by atoms with Crippen molar-refractivity contribution in [3.05, 3.63) is 11.6 Å². The molecule has 0 fully saturated rings. The van der Waals surface area contributed by atoms with Gasteiger partial charge in [-0.25, -0.2) is 4.98 Å². The van der Waals surface area contributed by atoms with Crippen LogP contribution in [0.4, 0.5) is 0 Å². The second-order valence-corrected chi connectivity index (χ2v) is 3.81. The van der Waals surface area contributed by atoms with Crippen LogP contribution in [0.25, 0.3) is 0 Å². The quantitative estimate of drug-likeness (QED) is 0.563. The maximum Gasteiger partial charge on any atom is 0.240 e. The van der Waals surface area contributed by atoms with Crippen LogP contribution < -0.4 is 11.5 Å². The molecule has 0 radical (unpaired) electrons. The molecule has 0 saturated heterocycles. The van der Waals surface area contributed by atoms with E-state index in [9.17, 15) is 9.59 Å². The lowest BCUT2D eigenvalue weighted by atomic mass is 10.2. The zero-order valence-electron chi connectivity index (χ0n) is 9.80. The zero-order valence-corrected chi connectivity index (χ0v) is 9.80. The highest BCUT2D eigenvalue weighted by Gasteiger charge is 2.20. The van der Waals surface area contributed by atoms with E-state index in [0.717, 1.165) is 0 Å². The molecule has 0 aliphatic heterocycles. The van der Waals surface area contributed by atoms with Crippen LogP contribution in [0.2, 0.25) is 0 Å². The van der Waals surface area contributed by atoms with E-state index in [1.807, 2.05) is 0 Å². The van der Waals surface area contributed by atoms with Gasteiger partial charge < -0.3 is 16.4 Å². The lowest BCUT2D eigenvalue weighted by Gasteiger charge is -2.19. The lowest BCUT2D eigenvalue weighted by Crippen LogP contribution is -2.43. The molecule has 5 N–H and O–H groups in total. The number of carbonyl (C=O) groups is 2. The van der Waals surface area contributed by atoms with Crippen LogP contribution >= 0.6 is 0 Å². The number of primary amides is 1. The SMILES string of the molecule is Cc1nc(CN(C)C(=O)C(N)CC(N)=O)n[nH]1. The Morgan fingerprint density at radius 2 is 2.18 bits per heavy atom. The van der Waals surface area contributed by atoms with Crippen molar-refractivity contribution in [1.29, 1.82) is 0 Å². The van der Waals surface area contributed by atoms with E-state index < -0.39 is 11.9 Å². The Bertz CT molecular complexity index is 415. The van der Waals surface area contributed by atoms with Gasteiger partial charge in [-0.05, 0) is 6.92 Å². The summed E-state index contributed by atoms with van der Waals surface area (Å²) in [4.78, 5) is 27.8. The monoisotopic (exact) mass is 240 g/mol. The number of aryl methyl sites for hydroxylation is 1. The first-order valence-electron chi connectivity index (χ1n) is 5.07. The number of aromatic amines is 1. The molecule has 0 saturated carbocycles. The average molecular weight is 240 g/mol. The number of H-pyrrole nitrogens is 1. The van der Waals surface area contributed by atoms with Crippen molar-refractivity contribution >= 4 is 11.8 Å². The summed E-state index contributed by atoms with van der Waals surface area (Å²) in [5.41, 5.74) is 10.5. The second kappa shape index (κ2) is 5.39. The number of nitrogens with two attached hydrogens (primary N) is 2. The van der Waals surface area contributed by atoms with Gasteiger partial charge in [0.25, 0.3) is 0 Å². The number of aromatic nitrogens is 3. The van der Waals surface area contributed by atoms with E-state index >= 15 is 0 Å². The number of likely N-dealkylation sites (N-methyl/N-ethyl adjacent to an activating group) is 1. The van der Waals surface area contributed by atoms with E-state index in [-0.39, 0.29) is 18.9 Å². The molecule has 94 valence electrons. The smallest absolute Gasteiger partial charge is 0.240 e. The van der Waals surface area contributed by atoms with Gasteiger partial charge in [-0.3, -0.25) is 14.7 Å². The van der Waals surface area contributed by atoms with Gasteiger partial charge in [0.2, 0.25) is 11.8 Å². The summed E-state index contributed by atoms with van der Waals surface area (Å²) in [5.74, 6) is 0.186. The van der Waals surface area contributed by atoms with Gasteiger partial charge in [0, 0.05) is 7.05 Å². The van der Waals surface area contributed by atoms with Crippen molar-refractivity contribution in [2.75, 3.05) is 7.05 Å². The third-order valence-corrected chi connectivity index (χ3v) is 2.14. The number of carbonyl (C=O) groups excluding carboxylic acids is 2.